The third kappa shape index (κ3) is 3.17. The summed E-state index contributed by atoms with van der Waals surface area (Å²) in [6, 6.07) is 11.2. The minimum atomic E-state index is -0.0827. The molecule has 4 heteroatoms. The largest absolute Gasteiger partial charge is 0.487 e. The fraction of sp³-hybridized carbons (Fsp3) is 0.412. The highest BCUT2D eigenvalue weighted by molar-refractivity contribution is 9.11. The van der Waals surface area contributed by atoms with Gasteiger partial charge in [-0.3, -0.25) is 0 Å². The van der Waals surface area contributed by atoms with E-state index < -0.39 is 0 Å². The Balaban J connectivity index is 1.95. The second-order valence-electron chi connectivity index (χ2n) is 6.04. The Morgan fingerprint density at radius 3 is 2.81 bits per heavy atom. The molecule has 0 radical (unpaired) electrons. The summed E-state index contributed by atoms with van der Waals surface area (Å²) in [7, 11) is 0. The Bertz CT molecular complexity index is 650. The Hall–Kier alpha value is -0.840. The fourth-order valence-corrected chi connectivity index (χ4v) is 4.41. The topological polar surface area (TPSA) is 21.3 Å². The molecule has 2 heterocycles. The van der Waals surface area contributed by atoms with Crippen molar-refractivity contribution in [3.63, 3.8) is 0 Å². The SMILES string of the molecule is CCNC(c1ccc2c(c1)CC(C)(C)O2)c1ccc(Br)s1. The van der Waals surface area contributed by atoms with Crippen LogP contribution in [0.4, 0.5) is 0 Å². The second kappa shape index (κ2) is 5.75. The van der Waals surface area contributed by atoms with Crippen molar-refractivity contribution in [2.24, 2.45) is 0 Å². The van der Waals surface area contributed by atoms with Crippen LogP contribution in [-0.4, -0.2) is 12.1 Å². The molecule has 0 aliphatic carbocycles. The van der Waals surface area contributed by atoms with Crippen LogP contribution in [0.1, 0.15) is 42.8 Å². The first-order valence-electron chi connectivity index (χ1n) is 7.29. The minimum absolute atomic E-state index is 0.0827. The summed E-state index contributed by atoms with van der Waals surface area (Å²) in [5, 5.41) is 3.59. The van der Waals surface area contributed by atoms with Crippen LogP contribution in [0, 0.1) is 0 Å². The molecule has 0 bridgehead atoms. The second-order valence-corrected chi connectivity index (χ2v) is 8.53. The van der Waals surface area contributed by atoms with Crippen LogP contribution in [0.5, 0.6) is 5.75 Å². The van der Waals surface area contributed by atoms with E-state index in [-0.39, 0.29) is 11.6 Å². The van der Waals surface area contributed by atoms with Gasteiger partial charge in [0.2, 0.25) is 0 Å². The molecule has 1 aliphatic rings. The van der Waals surface area contributed by atoms with E-state index >= 15 is 0 Å². The first kappa shape index (κ1) is 15.1. The van der Waals surface area contributed by atoms with Gasteiger partial charge in [-0.2, -0.15) is 0 Å². The van der Waals surface area contributed by atoms with Crippen LogP contribution in [0.25, 0.3) is 0 Å². The molecule has 0 fully saturated rings. The van der Waals surface area contributed by atoms with E-state index in [1.807, 2.05) is 0 Å². The van der Waals surface area contributed by atoms with E-state index in [1.165, 1.54) is 19.8 Å². The van der Waals surface area contributed by atoms with E-state index in [1.54, 1.807) is 11.3 Å². The summed E-state index contributed by atoms with van der Waals surface area (Å²) in [5.41, 5.74) is 2.54. The number of thiophene rings is 1. The summed E-state index contributed by atoms with van der Waals surface area (Å²) in [6.07, 6.45) is 0.975. The maximum Gasteiger partial charge on any atom is 0.123 e. The van der Waals surface area contributed by atoms with Crippen molar-refractivity contribution >= 4 is 27.3 Å². The van der Waals surface area contributed by atoms with Crippen LogP contribution < -0.4 is 10.1 Å². The highest BCUT2D eigenvalue weighted by Gasteiger charge is 2.30. The Labute approximate surface area is 138 Å². The van der Waals surface area contributed by atoms with Gasteiger partial charge in [0.25, 0.3) is 0 Å². The first-order valence-corrected chi connectivity index (χ1v) is 8.90. The van der Waals surface area contributed by atoms with Crippen molar-refractivity contribution in [2.45, 2.75) is 38.8 Å². The zero-order chi connectivity index (χ0) is 15.0. The van der Waals surface area contributed by atoms with Gasteiger partial charge in [0.1, 0.15) is 11.4 Å². The van der Waals surface area contributed by atoms with E-state index in [0.717, 1.165) is 18.7 Å². The molecule has 21 heavy (non-hydrogen) atoms. The van der Waals surface area contributed by atoms with E-state index in [2.05, 4.69) is 72.3 Å². The van der Waals surface area contributed by atoms with Gasteiger partial charge in [-0.1, -0.05) is 19.1 Å². The van der Waals surface area contributed by atoms with Gasteiger partial charge in [0.15, 0.2) is 0 Å². The Kier molecular flexibility index (Phi) is 4.12. The molecule has 0 spiro atoms. The Morgan fingerprint density at radius 1 is 1.33 bits per heavy atom. The van der Waals surface area contributed by atoms with Crippen molar-refractivity contribution < 1.29 is 4.74 Å². The van der Waals surface area contributed by atoms with E-state index in [4.69, 9.17) is 4.74 Å². The van der Waals surface area contributed by atoms with Crippen LogP contribution >= 0.6 is 27.3 Å². The van der Waals surface area contributed by atoms with Crippen LogP contribution in [0.3, 0.4) is 0 Å². The molecule has 1 N–H and O–H groups in total. The van der Waals surface area contributed by atoms with Crippen molar-refractivity contribution in [3.8, 4) is 5.75 Å². The third-order valence-corrected chi connectivity index (χ3v) is 5.40. The van der Waals surface area contributed by atoms with Crippen LogP contribution in [-0.2, 0) is 6.42 Å². The molecule has 0 saturated carbocycles. The molecule has 0 amide bonds. The number of fused-ring (bicyclic) bond motifs is 1. The molecule has 1 aromatic carbocycles. The lowest BCUT2D eigenvalue weighted by Crippen LogP contribution is -2.24. The molecule has 1 aliphatic heterocycles. The molecule has 2 nitrogen and oxygen atoms in total. The average molecular weight is 366 g/mol. The number of nitrogens with one attached hydrogen (secondary N) is 1. The van der Waals surface area contributed by atoms with Crippen molar-refractivity contribution in [3.05, 3.63) is 50.1 Å². The van der Waals surface area contributed by atoms with Crippen molar-refractivity contribution in [2.75, 3.05) is 6.54 Å². The molecule has 0 saturated heterocycles. The van der Waals surface area contributed by atoms with Gasteiger partial charge in [-0.15, -0.1) is 11.3 Å². The molecular formula is C17H20BrNOS. The monoisotopic (exact) mass is 365 g/mol. The predicted octanol–water partition coefficient (Wildman–Crippen LogP) is 4.92. The molecule has 112 valence electrons. The third-order valence-electron chi connectivity index (χ3n) is 3.71. The van der Waals surface area contributed by atoms with Gasteiger partial charge in [0.05, 0.1) is 9.83 Å². The minimum Gasteiger partial charge on any atom is -0.487 e. The summed E-state index contributed by atoms with van der Waals surface area (Å²) in [4.78, 5) is 1.34. The molecule has 1 unspecified atom stereocenters. The highest BCUT2D eigenvalue weighted by atomic mass is 79.9. The number of benzene rings is 1. The number of rotatable bonds is 4. The average Bonchev–Trinajstić information content (AvgIpc) is 2.96. The first-order chi connectivity index (χ1) is 9.98. The summed E-state index contributed by atoms with van der Waals surface area (Å²) in [5.74, 6) is 1.03. The van der Waals surface area contributed by atoms with Gasteiger partial charge in [-0.25, -0.2) is 0 Å². The number of hydrogen-bond acceptors (Lipinski definition) is 3. The van der Waals surface area contributed by atoms with E-state index in [9.17, 15) is 0 Å². The predicted molar refractivity (Wildman–Crippen MR) is 92.4 cm³/mol. The lowest BCUT2D eigenvalue weighted by Gasteiger charge is -2.17. The highest BCUT2D eigenvalue weighted by Crippen LogP contribution is 2.38. The lowest BCUT2D eigenvalue weighted by molar-refractivity contribution is 0.138. The summed E-state index contributed by atoms with van der Waals surface area (Å²) < 4.78 is 7.15. The lowest BCUT2D eigenvalue weighted by atomic mass is 9.97. The van der Waals surface area contributed by atoms with Crippen molar-refractivity contribution in [1.82, 2.24) is 5.32 Å². The van der Waals surface area contributed by atoms with E-state index in [0.29, 0.717) is 0 Å². The number of hydrogen-bond donors (Lipinski definition) is 1. The smallest absolute Gasteiger partial charge is 0.123 e. The Morgan fingerprint density at radius 2 is 2.14 bits per heavy atom. The molecule has 1 atom stereocenters. The standard InChI is InChI=1S/C17H20BrNOS/c1-4-19-16(14-7-8-15(18)21-14)11-5-6-13-12(9-11)10-17(2,3)20-13/h5-9,16,19H,4,10H2,1-3H3. The zero-order valence-corrected chi connectivity index (χ0v) is 15.0. The van der Waals surface area contributed by atoms with Gasteiger partial charge in [0, 0.05) is 11.3 Å². The van der Waals surface area contributed by atoms with Crippen molar-refractivity contribution in [1.29, 1.82) is 0 Å². The van der Waals surface area contributed by atoms with Gasteiger partial charge >= 0.3 is 0 Å². The summed E-state index contributed by atoms with van der Waals surface area (Å²) in [6.45, 7) is 7.38. The molecule has 2 aromatic rings. The number of halogens is 1. The fourth-order valence-electron chi connectivity index (χ4n) is 2.88. The quantitative estimate of drug-likeness (QED) is 0.829. The maximum atomic E-state index is 5.97. The van der Waals surface area contributed by atoms with Crippen LogP contribution in [0.2, 0.25) is 0 Å². The normalized spacial score (nSPS) is 17.3. The molecule has 1 aromatic heterocycles. The van der Waals surface area contributed by atoms with Gasteiger partial charge in [-0.05, 0) is 65.6 Å². The zero-order valence-electron chi connectivity index (χ0n) is 12.6. The summed E-state index contributed by atoms with van der Waals surface area (Å²) >= 11 is 5.35. The van der Waals surface area contributed by atoms with Crippen LogP contribution in [0.15, 0.2) is 34.1 Å². The van der Waals surface area contributed by atoms with Gasteiger partial charge < -0.3 is 10.1 Å². The molecular weight excluding hydrogens is 346 g/mol. The maximum absolute atomic E-state index is 5.97. The molecule has 3 rings (SSSR count). The number of ether oxygens (including phenoxy) is 1.